The topological polar surface area (TPSA) is 69.6 Å². The standard InChI is InChI=1S/C13H17BrN2O3/c1-3-6-16(8-12(17)18)13(19)15-10-5-4-9(2)11(14)7-10/h4-5,7H,3,6,8H2,1-2H3,(H,15,19)(H,17,18). The summed E-state index contributed by atoms with van der Waals surface area (Å²) in [6.07, 6.45) is 0.707. The van der Waals surface area contributed by atoms with Crippen molar-refractivity contribution >= 4 is 33.6 Å². The van der Waals surface area contributed by atoms with Gasteiger partial charge in [-0.05, 0) is 31.0 Å². The number of amides is 2. The first kappa shape index (κ1) is 15.5. The van der Waals surface area contributed by atoms with Crippen LogP contribution in [-0.2, 0) is 4.79 Å². The third-order valence-electron chi connectivity index (χ3n) is 2.53. The molecule has 1 aromatic rings. The molecule has 0 aliphatic rings. The van der Waals surface area contributed by atoms with Crippen LogP contribution in [0.5, 0.6) is 0 Å². The van der Waals surface area contributed by atoms with E-state index in [1.165, 1.54) is 4.90 Å². The molecule has 104 valence electrons. The molecule has 0 atom stereocenters. The molecule has 0 aliphatic carbocycles. The van der Waals surface area contributed by atoms with Crippen molar-refractivity contribution in [2.45, 2.75) is 20.3 Å². The van der Waals surface area contributed by atoms with E-state index in [2.05, 4.69) is 21.2 Å². The molecule has 2 N–H and O–H groups in total. The highest BCUT2D eigenvalue weighted by Crippen LogP contribution is 2.20. The van der Waals surface area contributed by atoms with E-state index in [0.29, 0.717) is 18.7 Å². The lowest BCUT2D eigenvalue weighted by Crippen LogP contribution is -2.39. The van der Waals surface area contributed by atoms with Gasteiger partial charge >= 0.3 is 12.0 Å². The van der Waals surface area contributed by atoms with E-state index in [9.17, 15) is 9.59 Å². The average Bonchev–Trinajstić information content (AvgIpc) is 2.33. The molecule has 1 aromatic carbocycles. The summed E-state index contributed by atoms with van der Waals surface area (Å²) in [5.74, 6) is -1.02. The predicted octanol–water partition coefficient (Wildman–Crippen LogP) is 3.09. The number of aliphatic carboxylic acids is 1. The maximum atomic E-state index is 12.0. The van der Waals surface area contributed by atoms with Crippen LogP contribution in [0.1, 0.15) is 18.9 Å². The van der Waals surface area contributed by atoms with Gasteiger partial charge in [0.15, 0.2) is 0 Å². The molecule has 0 aromatic heterocycles. The van der Waals surface area contributed by atoms with Crippen LogP contribution in [0.25, 0.3) is 0 Å². The first-order chi connectivity index (χ1) is 8.93. The number of anilines is 1. The molecule has 0 saturated heterocycles. The second kappa shape index (κ2) is 7.13. The number of rotatable bonds is 5. The van der Waals surface area contributed by atoms with Crippen LogP contribution < -0.4 is 5.32 Å². The molecular weight excluding hydrogens is 312 g/mol. The highest BCUT2D eigenvalue weighted by Gasteiger charge is 2.16. The number of carboxylic acid groups (broad SMARTS) is 1. The van der Waals surface area contributed by atoms with E-state index in [1.54, 1.807) is 12.1 Å². The number of carbonyl (C=O) groups is 2. The Morgan fingerprint density at radius 2 is 2.11 bits per heavy atom. The van der Waals surface area contributed by atoms with Gasteiger partial charge < -0.3 is 15.3 Å². The fourth-order valence-electron chi connectivity index (χ4n) is 1.56. The van der Waals surface area contributed by atoms with E-state index >= 15 is 0 Å². The molecule has 0 unspecified atom stereocenters. The lowest BCUT2D eigenvalue weighted by Gasteiger charge is -2.20. The van der Waals surface area contributed by atoms with Crippen LogP contribution in [-0.4, -0.2) is 35.1 Å². The Balaban J connectivity index is 2.74. The predicted molar refractivity (Wildman–Crippen MR) is 77.4 cm³/mol. The number of carboxylic acids is 1. The van der Waals surface area contributed by atoms with Gasteiger partial charge in [-0.15, -0.1) is 0 Å². The van der Waals surface area contributed by atoms with Crippen LogP contribution in [0.3, 0.4) is 0 Å². The molecule has 5 nitrogen and oxygen atoms in total. The number of carbonyl (C=O) groups excluding carboxylic acids is 1. The third-order valence-corrected chi connectivity index (χ3v) is 3.38. The average molecular weight is 329 g/mol. The molecule has 0 aliphatic heterocycles. The van der Waals surface area contributed by atoms with Crippen LogP contribution in [0.4, 0.5) is 10.5 Å². The summed E-state index contributed by atoms with van der Waals surface area (Å²) in [5.41, 5.74) is 1.70. The Morgan fingerprint density at radius 1 is 1.42 bits per heavy atom. The Hall–Kier alpha value is -1.56. The number of nitrogens with zero attached hydrogens (tertiary/aromatic N) is 1. The van der Waals surface area contributed by atoms with Gasteiger partial charge in [0.1, 0.15) is 6.54 Å². The van der Waals surface area contributed by atoms with Crippen molar-refractivity contribution in [3.05, 3.63) is 28.2 Å². The molecule has 0 heterocycles. The number of benzene rings is 1. The second-order valence-corrected chi connectivity index (χ2v) is 5.06. The number of hydrogen-bond acceptors (Lipinski definition) is 2. The van der Waals surface area contributed by atoms with Gasteiger partial charge in [0.05, 0.1) is 0 Å². The summed E-state index contributed by atoms with van der Waals surface area (Å²) in [4.78, 5) is 24.0. The lowest BCUT2D eigenvalue weighted by atomic mass is 10.2. The molecule has 0 saturated carbocycles. The quantitative estimate of drug-likeness (QED) is 0.872. The van der Waals surface area contributed by atoms with E-state index < -0.39 is 12.0 Å². The SMILES string of the molecule is CCCN(CC(=O)O)C(=O)Nc1ccc(C)c(Br)c1. The van der Waals surface area contributed by atoms with Crippen molar-refractivity contribution in [1.82, 2.24) is 4.90 Å². The lowest BCUT2D eigenvalue weighted by molar-refractivity contribution is -0.137. The molecule has 6 heteroatoms. The Kier molecular flexibility index (Phi) is 5.82. The van der Waals surface area contributed by atoms with E-state index in [0.717, 1.165) is 10.0 Å². The van der Waals surface area contributed by atoms with Gasteiger partial charge in [0.2, 0.25) is 0 Å². The summed E-state index contributed by atoms with van der Waals surface area (Å²) in [5, 5.41) is 11.5. The molecule has 0 fully saturated rings. The van der Waals surface area contributed by atoms with Gasteiger partial charge in [0, 0.05) is 16.7 Å². The zero-order valence-corrected chi connectivity index (χ0v) is 12.5. The summed E-state index contributed by atoms with van der Waals surface area (Å²) in [7, 11) is 0. The van der Waals surface area contributed by atoms with Gasteiger partial charge in [0.25, 0.3) is 0 Å². The van der Waals surface area contributed by atoms with Crippen molar-refractivity contribution in [3.8, 4) is 0 Å². The minimum Gasteiger partial charge on any atom is -0.480 e. The van der Waals surface area contributed by atoms with Crippen molar-refractivity contribution < 1.29 is 14.7 Å². The number of halogens is 1. The van der Waals surface area contributed by atoms with Gasteiger partial charge in [-0.2, -0.15) is 0 Å². The summed E-state index contributed by atoms with van der Waals surface area (Å²) in [6, 6.07) is 5.04. The molecule has 19 heavy (non-hydrogen) atoms. The zero-order chi connectivity index (χ0) is 14.4. The Labute approximate surface area is 120 Å². The monoisotopic (exact) mass is 328 g/mol. The molecule has 2 amide bonds. The highest BCUT2D eigenvalue weighted by molar-refractivity contribution is 9.10. The van der Waals surface area contributed by atoms with Crippen molar-refractivity contribution in [2.24, 2.45) is 0 Å². The fourth-order valence-corrected chi connectivity index (χ4v) is 1.94. The summed E-state index contributed by atoms with van der Waals surface area (Å²) >= 11 is 3.39. The smallest absolute Gasteiger partial charge is 0.323 e. The van der Waals surface area contributed by atoms with Crippen LogP contribution in [0, 0.1) is 6.92 Å². The van der Waals surface area contributed by atoms with Gasteiger partial charge in [-0.3, -0.25) is 4.79 Å². The molecule has 1 rings (SSSR count). The zero-order valence-electron chi connectivity index (χ0n) is 10.9. The van der Waals surface area contributed by atoms with Crippen LogP contribution >= 0.6 is 15.9 Å². The van der Waals surface area contributed by atoms with Crippen molar-refractivity contribution in [2.75, 3.05) is 18.4 Å². The Morgan fingerprint density at radius 3 is 2.63 bits per heavy atom. The molecule has 0 radical (unpaired) electrons. The third kappa shape index (κ3) is 4.90. The largest absolute Gasteiger partial charge is 0.480 e. The van der Waals surface area contributed by atoms with E-state index in [1.807, 2.05) is 19.9 Å². The van der Waals surface area contributed by atoms with E-state index in [4.69, 9.17) is 5.11 Å². The van der Waals surface area contributed by atoms with Crippen molar-refractivity contribution in [1.29, 1.82) is 0 Å². The summed E-state index contributed by atoms with van der Waals surface area (Å²) < 4.78 is 0.894. The molecule has 0 bridgehead atoms. The highest BCUT2D eigenvalue weighted by atomic mass is 79.9. The minimum atomic E-state index is -1.02. The van der Waals surface area contributed by atoms with Gasteiger partial charge in [-0.25, -0.2) is 4.79 Å². The number of aryl methyl sites for hydroxylation is 1. The Bertz CT molecular complexity index is 477. The maximum Gasteiger partial charge on any atom is 0.323 e. The first-order valence-corrected chi connectivity index (χ1v) is 6.77. The molecule has 0 spiro atoms. The number of hydrogen-bond donors (Lipinski definition) is 2. The second-order valence-electron chi connectivity index (χ2n) is 4.21. The number of nitrogens with one attached hydrogen (secondary N) is 1. The van der Waals surface area contributed by atoms with E-state index in [-0.39, 0.29) is 6.54 Å². The summed E-state index contributed by atoms with van der Waals surface area (Å²) in [6.45, 7) is 3.95. The van der Waals surface area contributed by atoms with Crippen molar-refractivity contribution in [3.63, 3.8) is 0 Å². The van der Waals surface area contributed by atoms with Crippen LogP contribution in [0.15, 0.2) is 22.7 Å². The molecular formula is C13H17BrN2O3. The first-order valence-electron chi connectivity index (χ1n) is 5.98. The fraction of sp³-hybridized carbons (Fsp3) is 0.385. The maximum absolute atomic E-state index is 12.0. The van der Waals surface area contributed by atoms with Gasteiger partial charge in [-0.1, -0.05) is 28.9 Å². The minimum absolute atomic E-state index is 0.299. The number of urea groups is 1. The van der Waals surface area contributed by atoms with Crippen LogP contribution in [0.2, 0.25) is 0 Å². The normalized spacial score (nSPS) is 10.1.